The third-order valence-electron chi connectivity index (χ3n) is 7.01. The zero-order chi connectivity index (χ0) is 25.2. The van der Waals surface area contributed by atoms with E-state index in [-0.39, 0.29) is 35.7 Å². The van der Waals surface area contributed by atoms with Gasteiger partial charge < -0.3 is 14.8 Å². The molecule has 5 nitrogen and oxygen atoms in total. The van der Waals surface area contributed by atoms with Crippen molar-refractivity contribution in [1.29, 1.82) is 0 Å². The van der Waals surface area contributed by atoms with Crippen LogP contribution in [0.4, 0.5) is 0 Å². The van der Waals surface area contributed by atoms with Crippen molar-refractivity contribution in [2.45, 2.75) is 71.9 Å². The molecule has 0 unspecified atom stereocenters. The Morgan fingerprint density at radius 1 is 1.03 bits per heavy atom. The lowest BCUT2D eigenvalue weighted by molar-refractivity contribution is -0.143. The summed E-state index contributed by atoms with van der Waals surface area (Å²) in [5.74, 6) is 0.238. The summed E-state index contributed by atoms with van der Waals surface area (Å²) in [6, 6.07) is 16.8. The van der Waals surface area contributed by atoms with Gasteiger partial charge in [-0.15, -0.1) is 0 Å². The third-order valence-corrected chi connectivity index (χ3v) is 7.01. The van der Waals surface area contributed by atoms with Crippen molar-refractivity contribution in [3.05, 3.63) is 71.4 Å². The maximum absolute atomic E-state index is 13.6. The Morgan fingerprint density at radius 3 is 2.34 bits per heavy atom. The molecule has 1 saturated carbocycles. The number of para-hydroxylation sites is 1. The average Bonchev–Trinajstić information content (AvgIpc) is 3.59. The minimum Gasteiger partial charge on any atom is -0.361 e. The number of amides is 2. The highest BCUT2D eigenvalue weighted by molar-refractivity contribution is 5.87. The molecule has 5 heteroatoms. The summed E-state index contributed by atoms with van der Waals surface area (Å²) in [6.45, 7) is 11.9. The summed E-state index contributed by atoms with van der Waals surface area (Å²) in [6.07, 6.45) is 4.69. The average molecular weight is 474 g/mol. The summed E-state index contributed by atoms with van der Waals surface area (Å²) in [7, 11) is 0. The molecular weight excluding hydrogens is 434 g/mol. The molecule has 0 aliphatic heterocycles. The topological polar surface area (TPSA) is 56.4 Å². The molecule has 1 aliphatic rings. The highest BCUT2D eigenvalue weighted by Gasteiger charge is 2.35. The Labute approximate surface area is 209 Å². The van der Waals surface area contributed by atoms with E-state index in [0.29, 0.717) is 13.1 Å². The third kappa shape index (κ3) is 6.14. The predicted molar refractivity (Wildman–Crippen MR) is 142 cm³/mol. The van der Waals surface area contributed by atoms with E-state index < -0.39 is 0 Å². The first kappa shape index (κ1) is 25.0. The maximum Gasteiger partial charge on any atom is 0.242 e. The first-order chi connectivity index (χ1) is 16.6. The van der Waals surface area contributed by atoms with Crippen LogP contribution in [0.1, 0.15) is 64.2 Å². The van der Waals surface area contributed by atoms with E-state index in [9.17, 15) is 9.59 Å². The first-order valence-electron chi connectivity index (χ1n) is 12.9. The molecule has 0 radical (unpaired) electrons. The molecule has 1 aromatic heterocycles. The largest absolute Gasteiger partial charge is 0.361 e. The van der Waals surface area contributed by atoms with Gasteiger partial charge in [0.15, 0.2) is 0 Å². The van der Waals surface area contributed by atoms with E-state index in [1.807, 2.05) is 37.1 Å². The number of hydrogen-bond acceptors (Lipinski definition) is 2. The zero-order valence-corrected chi connectivity index (χ0v) is 21.8. The van der Waals surface area contributed by atoms with Crippen LogP contribution in [0.15, 0.2) is 54.7 Å². The lowest BCUT2D eigenvalue weighted by Gasteiger charge is -2.30. The molecule has 2 aromatic carbocycles. The van der Waals surface area contributed by atoms with Crippen LogP contribution in [-0.2, 0) is 28.0 Å². The van der Waals surface area contributed by atoms with Crippen molar-refractivity contribution in [2.75, 3.05) is 13.1 Å². The molecule has 0 atom stereocenters. The van der Waals surface area contributed by atoms with Gasteiger partial charge >= 0.3 is 0 Å². The van der Waals surface area contributed by atoms with Crippen molar-refractivity contribution >= 4 is 22.7 Å². The minimum atomic E-state index is 0.00689. The Morgan fingerprint density at radius 2 is 1.71 bits per heavy atom. The number of carbonyl (C=O) groups excluding carboxylic acids is 2. The fourth-order valence-corrected chi connectivity index (χ4v) is 4.54. The number of benzene rings is 2. The van der Waals surface area contributed by atoms with Crippen LogP contribution >= 0.6 is 0 Å². The second kappa shape index (κ2) is 10.3. The fraction of sp³-hybridized carbons (Fsp3) is 0.467. The second-order valence-electron chi connectivity index (χ2n) is 11.2. The van der Waals surface area contributed by atoms with Crippen molar-refractivity contribution in [2.24, 2.45) is 5.92 Å². The van der Waals surface area contributed by atoms with Crippen LogP contribution in [0.2, 0.25) is 0 Å². The van der Waals surface area contributed by atoms with E-state index in [4.69, 9.17) is 0 Å². The van der Waals surface area contributed by atoms with Crippen molar-refractivity contribution in [1.82, 2.24) is 14.8 Å². The number of aromatic nitrogens is 1. The van der Waals surface area contributed by atoms with Crippen molar-refractivity contribution in [3.8, 4) is 0 Å². The predicted octanol–water partition coefficient (Wildman–Crippen LogP) is 5.68. The van der Waals surface area contributed by atoms with Crippen LogP contribution in [0.3, 0.4) is 0 Å². The van der Waals surface area contributed by atoms with Gasteiger partial charge in [0.25, 0.3) is 0 Å². The Balaban J connectivity index is 1.52. The summed E-state index contributed by atoms with van der Waals surface area (Å²) in [5, 5.41) is 1.20. The molecule has 1 aliphatic carbocycles. The molecule has 1 fully saturated rings. The Hall–Kier alpha value is -3.08. The lowest BCUT2D eigenvalue weighted by atomic mass is 9.87. The van der Waals surface area contributed by atoms with E-state index in [1.54, 1.807) is 4.90 Å². The standard InChI is InChI=1S/C30H39N3O2/c1-21(2)33(29(35)23-12-13-23)20-28(34)32(19-22-10-14-25(15-11-22)30(3,4)5)17-16-24-18-31-27-9-7-6-8-26(24)27/h6-11,14-15,18,21,23,31H,12-13,16-17,19-20H2,1-5H3. The highest BCUT2D eigenvalue weighted by atomic mass is 16.2. The molecule has 35 heavy (non-hydrogen) atoms. The SMILES string of the molecule is CC(C)N(CC(=O)N(CCc1c[nH]c2ccccc12)Cc1ccc(C(C)(C)C)cc1)C(=O)C1CC1. The summed E-state index contributed by atoms with van der Waals surface area (Å²) < 4.78 is 0. The molecule has 4 rings (SSSR count). The Kier molecular flexibility index (Phi) is 7.34. The van der Waals surface area contributed by atoms with Gasteiger partial charge in [0.2, 0.25) is 11.8 Å². The number of rotatable bonds is 9. The number of carbonyl (C=O) groups is 2. The van der Waals surface area contributed by atoms with Gasteiger partial charge in [-0.3, -0.25) is 9.59 Å². The smallest absolute Gasteiger partial charge is 0.242 e. The monoisotopic (exact) mass is 473 g/mol. The minimum absolute atomic E-state index is 0.00689. The zero-order valence-electron chi connectivity index (χ0n) is 21.8. The molecule has 1 heterocycles. The van der Waals surface area contributed by atoms with Gasteiger partial charge in [-0.05, 0) is 61.3 Å². The molecule has 1 N–H and O–H groups in total. The second-order valence-corrected chi connectivity index (χ2v) is 11.2. The number of hydrogen-bond donors (Lipinski definition) is 1. The van der Waals surface area contributed by atoms with E-state index in [1.165, 1.54) is 16.5 Å². The number of fused-ring (bicyclic) bond motifs is 1. The fourth-order valence-electron chi connectivity index (χ4n) is 4.54. The van der Waals surface area contributed by atoms with Crippen LogP contribution in [-0.4, -0.2) is 45.7 Å². The molecular formula is C30H39N3O2. The molecule has 0 bridgehead atoms. The van der Waals surface area contributed by atoms with Gasteiger partial charge in [0.1, 0.15) is 0 Å². The molecule has 0 saturated heterocycles. The van der Waals surface area contributed by atoms with Crippen LogP contribution < -0.4 is 0 Å². The summed E-state index contributed by atoms with van der Waals surface area (Å²) in [4.78, 5) is 33.4. The number of nitrogens with zero attached hydrogens (tertiary/aromatic N) is 2. The van der Waals surface area contributed by atoms with Gasteiger partial charge in [0, 0.05) is 42.1 Å². The molecule has 186 valence electrons. The van der Waals surface area contributed by atoms with Crippen LogP contribution in [0.5, 0.6) is 0 Å². The van der Waals surface area contributed by atoms with Gasteiger partial charge in [-0.2, -0.15) is 0 Å². The molecule has 0 spiro atoms. The number of nitrogens with one attached hydrogen (secondary N) is 1. The van der Waals surface area contributed by atoms with Gasteiger partial charge in [-0.1, -0.05) is 63.2 Å². The maximum atomic E-state index is 13.6. The number of aromatic amines is 1. The van der Waals surface area contributed by atoms with Gasteiger partial charge in [0.05, 0.1) is 6.54 Å². The van der Waals surface area contributed by atoms with Crippen molar-refractivity contribution < 1.29 is 9.59 Å². The van der Waals surface area contributed by atoms with E-state index >= 15 is 0 Å². The summed E-state index contributed by atoms with van der Waals surface area (Å²) in [5.41, 5.74) is 4.79. The van der Waals surface area contributed by atoms with Crippen LogP contribution in [0, 0.1) is 5.92 Å². The molecule has 2 amide bonds. The summed E-state index contributed by atoms with van der Waals surface area (Å²) >= 11 is 0. The quantitative estimate of drug-likeness (QED) is 0.434. The van der Waals surface area contributed by atoms with Gasteiger partial charge in [-0.25, -0.2) is 0 Å². The first-order valence-corrected chi connectivity index (χ1v) is 12.9. The lowest BCUT2D eigenvalue weighted by Crippen LogP contribution is -2.46. The Bertz CT molecular complexity index is 1170. The van der Waals surface area contributed by atoms with E-state index in [0.717, 1.165) is 30.3 Å². The molecule has 3 aromatic rings. The number of H-pyrrole nitrogens is 1. The van der Waals surface area contributed by atoms with Crippen LogP contribution in [0.25, 0.3) is 10.9 Å². The highest BCUT2D eigenvalue weighted by Crippen LogP contribution is 2.31. The normalized spacial score (nSPS) is 13.9. The van der Waals surface area contributed by atoms with E-state index in [2.05, 4.69) is 62.2 Å². The van der Waals surface area contributed by atoms with Crippen molar-refractivity contribution in [3.63, 3.8) is 0 Å².